The molecule has 3 heteroatoms. The first-order chi connectivity index (χ1) is 6.36. The van der Waals surface area contributed by atoms with Crippen LogP contribution in [0.3, 0.4) is 0 Å². The van der Waals surface area contributed by atoms with Gasteiger partial charge in [-0.3, -0.25) is 4.98 Å². The summed E-state index contributed by atoms with van der Waals surface area (Å²) in [4.78, 5) is 4.09. The average Bonchev–Trinajstić information content (AvgIpc) is 2.19. The van der Waals surface area contributed by atoms with E-state index in [-0.39, 0.29) is 0 Å². The summed E-state index contributed by atoms with van der Waals surface area (Å²) in [7, 11) is 0. The lowest BCUT2D eigenvalue weighted by atomic mass is 9.99. The van der Waals surface area contributed by atoms with Gasteiger partial charge in [-0.2, -0.15) is 0 Å². The SMILES string of the molecule is Nc1cncc(C2CCCCN2)c1. The van der Waals surface area contributed by atoms with E-state index in [9.17, 15) is 0 Å². The molecule has 1 fully saturated rings. The minimum absolute atomic E-state index is 0.463. The van der Waals surface area contributed by atoms with E-state index in [2.05, 4.69) is 10.3 Å². The Labute approximate surface area is 78.4 Å². The predicted octanol–water partition coefficient (Wildman–Crippen LogP) is 1.48. The highest BCUT2D eigenvalue weighted by molar-refractivity contribution is 5.38. The number of anilines is 1. The van der Waals surface area contributed by atoms with Gasteiger partial charge in [-0.25, -0.2) is 0 Å². The van der Waals surface area contributed by atoms with E-state index in [1.807, 2.05) is 12.3 Å². The number of nitrogen functional groups attached to an aromatic ring is 1. The minimum atomic E-state index is 0.463. The third kappa shape index (κ3) is 1.98. The lowest BCUT2D eigenvalue weighted by Gasteiger charge is -2.23. The van der Waals surface area contributed by atoms with Crippen LogP contribution in [0.4, 0.5) is 5.69 Å². The number of aromatic nitrogens is 1. The van der Waals surface area contributed by atoms with Crippen molar-refractivity contribution in [2.75, 3.05) is 12.3 Å². The zero-order chi connectivity index (χ0) is 9.10. The van der Waals surface area contributed by atoms with Crippen LogP contribution in [0.5, 0.6) is 0 Å². The first-order valence-corrected chi connectivity index (χ1v) is 4.80. The number of rotatable bonds is 1. The van der Waals surface area contributed by atoms with Crippen LogP contribution in [0.25, 0.3) is 0 Å². The maximum Gasteiger partial charge on any atom is 0.0503 e. The molecule has 2 rings (SSSR count). The molecule has 2 heterocycles. The molecule has 0 saturated carbocycles. The van der Waals surface area contributed by atoms with Crippen LogP contribution in [0, 0.1) is 0 Å². The molecular formula is C10H15N3. The molecule has 0 spiro atoms. The Bertz CT molecular complexity index is 279. The van der Waals surface area contributed by atoms with Crippen LogP contribution >= 0.6 is 0 Å². The summed E-state index contributed by atoms with van der Waals surface area (Å²) in [6.07, 6.45) is 7.37. The Morgan fingerprint density at radius 2 is 2.31 bits per heavy atom. The van der Waals surface area contributed by atoms with Gasteiger partial charge < -0.3 is 11.1 Å². The van der Waals surface area contributed by atoms with E-state index in [0.29, 0.717) is 6.04 Å². The minimum Gasteiger partial charge on any atom is -0.397 e. The molecule has 0 radical (unpaired) electrons. The summed E-state index contributed by atoms with van der Waals surface area (Å²) in [5.41, 5.74) is 7.65. The highest BCUT2D eigenvalue weighted by atomic mass is 14.9. The maximum atomic E-state index is 5.67. The van der Waals surface area contributed by atoms with Crippen molar-refractivity contribution in [3.8, 4) is 0 Å². The normalized spacial score (nSPS) is 22.9. The maximum absolute atomic E-state index is 5.67. The van der Waals surface area contributed by atoms with E-state index < -0.39 is 0 Å². The molecule has 1 aromatic rings. The summed E-state index contributed by atoms with van der Waals surface area (Å²) >= 11 is 0. The molecule has 1 aromatic heterocycles. The number of nitrogens with two attached hydrogens (primary N) is 1. The van der Waals surface area contributed by atoms with E-state index in [4.69, 9.17) is 5.73 Å². The highest BCUT2D eigenvalue weighted by Gasteiger charge is 2.14. The van der Waals surface area contributed by atoms with Crippen LogP contribution in [0.15, 0.2) is 18.5 Å². The zero-order valence-corrected chi connectivity index (χ0v) is 7.66. The van der Waals surface area contributed by atoms with Crippen molar-refractivity contribution < 1.29 is 0 Å². The van der Waals surface area contributed by atoms with Crippen LogP contribution in [0.2, 0.25) is 0 Å². The van der Waals surface area contributed by atoms with Crippen molar-refractivity contribution >= 4 is 5.69 Å². The summed E-state index contributed by atoms with van der Waals surface area (Å²) in [5.74, 6) is 0. The second-order valence-corrected chi connectivity index (χ2v) is 3.55. The van der Waals surface area contributed by atoms with Gasteiger partial charge in [0.25, 0.3) is 0 Å². The molecule has 3 N–H and O–H groups in total. The number of piperidine rings is 1. The number of nitrogens with one attached hydrogen (secondary N) is 1. The van der Waals surface area contributed by atoms with Gasteiger partial charge in [0, 0.05) is 18.4 Å². The summed E-state index contributed by atoms with van der Waals surface area (Å²) < 4.78 is 0. The van der Waals surface area contributed by atoms with E-state index in [1.54, 1.807) is 6.20 Å². The fourth-order valence-electron chi connectivity index (χ4n) is 1.80. The molecule has 1 saturated heterocycles. The summed E-state index contributed by atoms with van der Waals surface area (Å²) in [6.45, 7) is 1.11. The molecule has 3 nitrogen and oxygen atoms in total. The number of hydrogen-bond donors (Lipinski definition) is 2. The largest absolute Gasteiger partial charge is 0.397 e. The summed E-state index contributed by atoms with van der Waals surface area (Å²) in [5, 5.41) is 3.47. The third-order valence-corrected chi connectivity index (χ3v) is 2.49. The van der Waals surface area contributed by atoms with Crippen LogP contribution in [0.1, 0.15) is 30.9 Å². The molecule has 0 amide bonds. The van der Waals surface area contributed by atoms with Crippen molar-refractivity contribution in [2.24, 2.45) is 0 Å². The van der Waals surface area contributed by atoms with Crippen LogP contribution in [-0.2, 0) is 0 Å². The molecule has 1 aliphatic heterocycles. The highest BCUT2D eigenvalue weighted by Crippen LogP contribution is 2.22. The van der Waals surface area contributed by atoms with Crippen molar-refractivity contribution in [3.05, 3.63) is 24.0 Å². The number of pyridine rings is 1. The van der Waals surface area contributed by atoms with Crippen molar-refractivity contribution in [3.63, 3.8) is 0 Å². The van der Waals surface area contributed by atoms with Crippen molar-refractivity contribution in [1.82, 2.24) is 10.3 Å². The van der Waals surface area contributed by atoms with Crippen LogP contribution in [-0.4, -0.2) is 11.5 Å². The molecule has 0 aromatic carbocycles. The topological polar surface area (TPSA) is 50.9 Å². The van der Waals surface area contributed by atoms with E-state index >= 15 is 0 Å². The quantitative estimate of drug-likeness (QED) is 0.683. The van der Waals surface area contributed by atoms with Gasteiger partial charge in [0.15, 0.2) is 0 Å². The fourth-order valence-corrected chi connectivity index (χ4v) is 1.80. The molecule has 1 unspecified atom stereocenters. The lowest BCUT2D eigenvalue weighted by Crippen LogP contribution is -2.26. The van der Waals surface area contributed by atoms with Gasteiger partial charge in [0.1, 0.15) is 0 Å². The molecule has 13 heavy (non-hydrogen) atoms. The smallest absolute Gasteiger partial charge is 0.0503 e. The Morgan fingerprint density at radius 1 is 1.38 bits per heavy atom. The van der Waals surface area contributed by atoms with Gasteiger partial charge in [-0.1, -0.05) is 6.42 Å². The second-order valence-electron chi connectivity index (χ2n) is 3.55. The predicted molar refractivity (Wildman–Crippen MR) is 53.2 cm³/mol. The molecule has 1 aliphatic rings. The number of hydrogen-bond acceptors (Lipinski definition) is 3. The van der Waals surface area contributed by atoms with Gasteiger partial charge in [-0.05, 0) is 31.0 Å². The van der Waals surface area contributed by atoms with Gasteiger partial charge in [0.05, 0.1) is 5.69 Å². The summed E-state index contributed by atoms with van der Waals surface area (Å²) in [6, 6.07) is 2.47. The van der Waals surface area contributed by atoms with E-state index in [0.717, 1.165) is 12.2 Å². The molecule has 70 valence electrons. The van der Waals surface area contributed by atoms with Crippen molar-refractivity contribution in [2.45, 2.75) is 25.3 Å². The first-order valence-electron chi connectivity index (χ1n) is 4.80. The lowest BCUT2D eigenvalue weighted by molar-refractivity contribution is 0.411. The Morgan fingerprint density at radius 3 is 3.00 bits per heavy atom. The molecular weight excluding hydrogens is 162 g/mol. The van der Waals surface area contributed by atoms with Crippen LogP contribution < -0.4 is 11.1 Å². The monoisotopic (exact) mass is 177 g/mol. The Hall–Kier alpha value is -1.09. The van der Waals surface area contributed by atoms with Gasteiger partial charge in [-0.15, -0.1) is 0 Å². The standard InChI is InChI=1S/C10H15N3/c11-9-5-8(6-12-7-9)10-3-1-2-4-13-10/h5-7,10,13H,1-4,11H2. The van der Waals surface area contributed by atoms with Gasteiger partial charge >= 0.3 is 0 Å². The first kappa shape index (κ1) is 8.51. The van der Waals surface area contributed by atoms with Crippen molar-refractivity contribution in [1.29, 1.82) is 0 Å². The molecule has 0 bridgehead atoms. The molecule has 1 atom stereocenters. The van der Waals surface area contributed by atoms with Gasteiger partial charge in [0.2, 0.25) is 0 Å². The zero-order valence-electron chi connectivity index (χ0n) is 7.66. The molecule has 0 aliphatic carbocycles. The second kappa shape index (κ2) is 3.75. The average molecular weight is 177 g/mol. The Kier molecular flexibility index (Phi) is 2.45. The Balaban J connectivity index is 2.14. The fraction of sp³-hybridized carbons (Fsp3) is 0.500. The number of nitrogens with zero attached hydrogens (tertiary/aromatic N) is 1. The third-order valence-electron chi connectivity index (χ3n) is 2.49. The van der Waals surface area contributed by atoms with E-state index in [1.165, 1.54) is 24.8 Å².